The Bertz CT molecular complexity index is 418. The van der Waals surface area contributed by atoms with Gasteiger partial charge in [0.15, 0.2) is 0 Å². The molecular weight excluding hydrogens is 226 g/mol. The average molecular weight is 239 g/mol. The van der Waals surface area contributed by atoms with Crippen molar-refractivity contribution in [2.24, 2.45) is 0 Å². The number of aromatic carboxylic acids is 1. The van der Waals surface area contributed by atoms with E-state index in [0.717, 1.165) is 0 Å². The topological polar surface area (TPSA) is 107 Å². The maximum absolute atomic E-state index is 11.6. The zero-order chi connectivity index (χ0) is 12.8. The predicted octanol–water partition coefficient (Wildman–Crippen LogP) is -0.185. The van der Waals surface area contributed by atoms with E-state index in [1.807, 2.05) is 0 Å². The van der Waals surface area contributed by atoms with Gasteiger partial charge in [-0.2, -0.15) is 0 Å². The summed E-state index contributed by atoms with van der Waals surface area (Å²) < 4.78 is 0. The van der Waals surface area contributed by atoms with Crippen LogP contribution in [0.1, 0.15) is 27.1 Å². The van der Waals surface area contributed by atoms with Gasteiger partial charge in [0.2, 0.25) is 0 Å². The molecule has 4 N–H and O–H groups in total. The van der Waals surface area contributed by atoms with Crippen molar-refractivity contribution in [3.05, 3.63) is 35.4 Å². The number of carbonyl (C=O) groups is 2. The third-order valence-corrected chi connectivity index (χ3v) is 2.10. The Morgan fingerprint density at radius 3 is 2.35 bits per heavy atom. The van der Waals surface area contributed by atoms with Crippen LogP contribution in [0.15, 0.2) is 24.3 Å². The largest absolute Gasteiger partial charge is 0.478 e. The fourth-order valence-electron chi connectivity index (χ4n) is 1.29. The number of benzene rings is 1. The molecule has 1 amide bonds. The molecule has 1 unspecified atom stereocenters. The van der Waals surface area contributed by atoms with E-state index in [9.17, 15) is 14.7 Å². The SMILES string of the molecule is O=C(O)c1ccccc1C(=O)NC(O)CCO. The molecule has 0 aliphatic carbocycles. The van der Waals surface area contributed by atoms with Gasteiger partial charge in [0, 0.05) is 13.0 Å². The molecule has 0 saturated heterocycles. The second-order valence-corrected chi connectivity index (χ2v) is 3.35. The van der Waals surface area contributed by atoms with Gasteiger partial charge in [-0.15, -0.1) is 0 Å². The summed E-state index contributed by atoms with van der Waals surface area (Å²) >= 11 is 0. The molecule has 0 saturated carbocycles. The summed E-state index contributed by atoms with van der Waals surface area (Å²) in [6.07, 6.45) is -1.21. The van der Waals surface area contributed by atoms with Gasteiger partial charge >= 0.3 is 5.97 Å². The number of amides is 1. The van der Waals surface area contributed by atoms with Crippen LogP contribution in [0.5, 0.6) is 0 Å². The standard InChI is InChI=1S/C11H13NO5/c13-6-5-9(14)12-10(15)7-3-1-2-4-8(7)11(16)17/h1-4,9,13-14H,5-6H2,(H,12,15)(H,16,17). The number of aliphatic hydroxyl groups excluding tert-OH is 2. The van der Waals surface area contributed by atoms with E-state index >= 15 is 0 Å². The van der Waals surface area contributed by atoms with Crippen LogP contribution in [0, 0.1) is 0 Å². The Morgan fingerprint density at radius 1 is 1.24 bits per heavy atom. The lowest BCUT2D eigenvalue weighted by Crippen LogP contribution is -2.36. The Kier molecular flexibility index (Phi) is 4.62. The molecular formula is C11H13NO5. The molecule has 0 spiro atoms. The van der Waals surface area contributed by atoms with Gasteiger partial charge in [-0.05, 0) is 12.1 Å². The van der Waals surface area contributed by atoms with Crippen LogP contribution >= 0.6 is 0 Å². The van der Waals surface area contributed by atoms with E-state index in [-0.39, 0.29) is 24.2 Å². The Morgan fingerprint density at radius 2 is 1.82 bits per heavy atom. The van der Waals surface area contributed by atoms with Crippen LogP contribution in [-0.4, -0.2) is 40.0 Å². The van der Waals surface area contributed by atoms with E-state index < -0.39 is 18.1 Å². The van der Waals surface area contributed by atoms with Gasteiger partial charge in [0.25, 0.3) is 5.91 Å². The molecule has 0 radical (unpaired) electrons. The molecule has 1 atom stereocenters. The van der Waals surface area contributed by atoms with Crippen molar-refractivity contribution in [3.63, 3.8) is 0 Å². The van der Waals surface area contributed by atoms with Gasteiger partial charge in [-0.1, -0.05) is 12.1 Å². The van der Waals surface area contributed by atoms with Gasteiger partial charge < -0.3 is 20.6 Å². The molecule has 0 aromatic heterocycles. The smallest absolute Gasteiger partial charge is 0.336 e. The summed E-state index contributed by atoms with van der Waals surface area (Å²) in [7, 11) is 0. The molecule has 1 aromatic carbocycles. The first-order valence-corrected chi connectivity index (χ1v) is 4.98. The van der Waals surface area contributed by atoms with E-state index in [1.165, 1.54) is 24.3 Å². The summed E-state index contributed by atoms with van der Waals surface area (Å²) in [5.41, 5.74) is -0.168. The maximum atomic E-state index is 11.6. The lowest BCUT2D eigenvalue weighted by molar-refractivity contribution is 0.0662. The molecule has 6 nitrogen and oxygen atoms in total. The van der Waals surface area contributed by atoms with E-state index in [1.54, 1.807) is 0 Å². The van der Waals surface area contributed by atoms with E-state index in [4.69, 9.17) is 10.2 Å². The van der Waals surface area contributed by atoms with Gasteiger partial charge in [-0.25, -0.2) is 4.79 Å². The second kappa shape index (κ2) is 5.97. The Hall–Kier alpha value is -1.92. The van der Waals surface area contributed by atoms with E-state index in [0.29, 0.717) is 0 Å². The molecule has 6 heteroatoms. The van der Waals surface area contributed by atoms with Crippen LogP contribution in [0.3, 0.4) is 0 Å². The summed E-state index contributed by atoms with van der Waals surface area (Å²) in [5, 5.41) is 28.9. The Balaban J connectivity index is 2.85. The van der Waals surface area contributed by atoms with Crippen LogP contribution < -0.4 is 5.32 Å². The average Bonchev–Trinajstić information content (AvgIpc) is 2.29. The first-order chi connectivity index (χ1) is 8.06. The molecule has 92 valence electrons. The highest BCUT2D eigenvalue weighted by Crippen LogP contribution is 2.08. The molecule has 0 aliphatic heterocycles. The lowest BCUT2D eigenvalue weighted by atomic mass is 10.1. The molecule has 0 aliphatic rings. The monoisotopic (exact) mass is 239 g/mol. The normalized spacial score (nSPS) is 11.9. The van der Waals surface area contributed by atoms with Crippen molar-refractivity contribution in [3.8, 4) is 0 Å². The van der Waals surface area contributed by atoms with Gasteiger partial charge in [-0.3, -0.25) is 4.79 Å². The third kappa shape index (κ3) is 3.54. The van der Waals surface area contributed by atoms with Gasteiger partial charge in [0.1, 0.15) is 6.23 Å². The van der Waals surface area contributed by atoms with Crippen molar-refractivity contribution < 1.29 is 24.9 Å². The van der Waals surface area contributed by atoms with Crippen LogP contribution in [0.25, 0.3) is 0 Å². The summed E-state index contributed by atoms with van der Waals surface area (Å²) in [6, 6.07) is 5.68. The van der Waals surface area contributed by atoms with Crippen molar-refractivity contribution in [1.82, 2.24) is 5.32 Å². The summed E-state index contributed by atoms with van der Waals surface area (Å²) in [4.78, 5) is 22.5. The number of nitrogens with one attached hydrogen (secondary N) is 1. The van der Waals surface area contributed by atoms with Gasteiger partial charge in [0.05, 0.1) is 11.1 Å². The van der Waals surface area contributed by atoms with Crippen molar-refractivity contribution in [2.75, 3.05) is 6.61 Å². The third-order valence-electron chi connectivity index (χ3n) is 2.10. The predicted molar refractivity (Wildman–Crippen MR) is 58.6 cm³/mol. The number of carboxylic acid groups (broad SMARTS) is 1. The lowest BCUT2D eigenvalue weighted by Gasteiger charge is -2.12. The Labute approximate surface area is 97.5 Å². The summed E-state index contributed by atoms with van der Waals surface area (Å²) in [5.74, 6) is -1.91. The number of carboxylic acids is 1. The number of aliphatic hydroxyl groups is 2. The minimum Gasteiger partial charge on any atom is -0.478 e. The fraction of sp³-hybridized carbons (Fsp3) is 0.273. The highest BCUT2D eigenvalue weighted by Gasteiger charge is 2.17. The molecule has 0 bridgehead atoms. The first-order valence-electron chi connectivity index (χ1n) is 4.98. The van der Waals surface area contributed by atoms with Crippen molar-refractivity contribution in [1.29, 1.82) is 0 Å². The number of hydrogen-bond donors (Lipinski definition) is 4. The highest BCUT2D eigenvalue weighted by atomic mass is 16.4. The van der Waals surface area contributed by atoms with Crippen LogP contribution in [-0.2, 0) is 0 Å². The minimum absolute atomic E-state index is 0.0129. The number of hydrogen-bond acceptors (Lipinski definition) is 4. The zero-order valence-corrected chi connectivity index (χ0v) is 8.96. The fourth-order valence-corrected chi connectivity index (χ4v) is 1.29. The van der Waals surface area contributed by atoms with Crippen LogP contribution in [0.2, 0.25) is 0 Å². The van der Waals surface area contributed by atoms with Crippen LogP contribution in [0.4, 0.5) is 0 Å². The molecule has 17 heavy (non-hydrogen) atoms. The maximum Gasteiger partial charge on any atom is 0.336 e. The number of carbonyl (C=O) groups excluding carboxylic acids is 1. The van der Waals surface area contributed by atoms with Crippen molar-refractivity contribution >= 4 is 11.9 Å². The number of rotatable bonds is 5. The molecule has 1 aromatic rings. The molecule has 1 rings (SSSR count). The quantitative estimate of drug-likeness (QED) is 0.533. The second-order valence-electron chi connectivity index (χ2n) is 3.35. The van der Waals surface area contributed by atoms with E-state index in [2.05, 4.69) is 5.32 Å². The highest BCUT2D eigenvalue weighted by molar-refractivity contribution is 6.04. The first kappa shape index (κ1) is 13.1. The molecule has 0 fully saturated rings. The zero-order valence-electron chi connectivity index (χ0n) is 8.96. The van der Waals surface area contributed by atoms with Crippen molar-refractivity contribution in [2.45, 2.75) is 12.6 Å². The molecule has 0 heterocycles. The summed E-state index contributed by atoms with van der Waals surface area (Å²) in [6.45, 7) is -0.276. The minimum atomic E-state index is -1.22.